The zero-order valence-electron chi connectivity index (χ0n) is 11.9. The molecule has 20 heavy (non-hydrogen) atoms. The van der Waals surface area contributed by atoms with Gasteiger partial charge in [-0.3, -0.25) is 0 Å². The minimum Gasteiger partial charge on any atom is -0.383 e. The Bertz CT molecular complexity index is 531. The molecule has 1 saturated carbocycles. The number of anilines is 2. The largest absolute Gasteiger partial charge is 0.383 e. The lowest BCUT2D eigenvalue weighted by Crippen LogP contribution is -2.40. The Balaban J connectivity index is 1.90. The Morgan fingerprint density at radius 1 is 1.30 bits per heavy atom. The molecule has 2 heterocycles. The van der Waals surface area contributed by atoms with Gasteiger partial charge >= 0.3 is 0 Å². The third kappa shape index (κ3) is 2.22. The van der Waals surface area contributed by atoms with E-state index in [1.165, 1.54) is 12.8 Å². The molecular weight excluding hydrogens is 252 g/mol. The van der Waals surface area contributed by atoms with Crippen LogP contribution in [0.5, 0.6) is 0 Å². The number of hydrogen-bond acceptors (Lipinski definition) is 5. The third-order valence-electron chi connectivity index (χ3n) is 4.57. The molecule has 3 rings (SSSR count). The van der Waals surface area contributed by atoms with E-state index in [0.29, 0.717) is 17.3 Å². The molecule has 108 valence electrons. The third-order valence-corrected chi connectivity index (χ3v) is 4.57. The molecule has 0 spiro atoms. The van der Waals surface area contributed by atoms with Gasteiger partial charge in [0.1, 0.15) is 17.5 Å². The first-order chi connectivity index (χ1) is 9.61. The van der Waals surface area contributed by atoms with Gasteiger partial charge in [-0.1, -0.05) is 0 Å². The summed E-state index contributed by atoms with van der Waals surface area (Å²) < 4.78 is 1.85. The van der Waals surface area contributed by atoms with Crippen LogP contribution >= 0.6 is 0 Å². The van der Waals surface area contributed by atoms with Crippen LogP contribution < -0.4 is 16.4 Å². The van der Waals surface area contributed by atoms with E-state index >= 15 is 0 Å². The van der Waals surface area contributed by atoms with Gasteiger partial charge in [0.05, 0.1) is 6.04 Å². The Morgan fingerprint density at radius 2 is 1.95 bits per heavy atom. The van der Waals surface area contributed by atoms with Crippen molar-refractivity contribution in [3.8, 4) is 6.07 Å². The molecule has 1 aliphatic carbocycles. The molecule has 1 atom stereocenters. The van der Waals surface area contributed by atoms with E-state index in [1.54, 1.807) is 0 Å². The summed E-state index contributed by atoms with van der Waals surface area (Å²) in [6.07, 6.45) is 4.35. The average molecular weight is 274 g/mol. The van der Waals surface area contributed by atoms with Crippen LogP contribution in [-0.2, 0) is 0 Å². The van der Waals surface area contributed by atoms with Gasteiger partial charge in [-0.2, -0.15) is 10.4 Å². The summed E-state index contributed by atoms with van der Waals surface area (Å²) in [5.41, 5.74) is 12.6. The van der Waals surface area contributed by atoms with Crippen molar-refractivity contribution in [2.45, 2.75) is 44.7 Å². The van der Waals surface area contributed by atoms with Gasteiger partial charge in [-0.15, -0.1) is 0 Å². The van der Waals surface area contributed by atoms with E-state index in [-0.39, 0.29) is 12.1 Å². The lowest BCUT2D eigenvalue weighted by Gasteiger charge is -2.30. The Labute approximate surface area is 119 Å². The van der Waals surface area contributed by atoms with E-state index in [9.17, 15) is 5.26 Å². The number of hydrogen-bond donors (Lipinski definition) is 2. The summed E-state index contributed by atoms with van der Waals surface area (Å²) in [5.74, 6) is 1.91. The number of nitrogens with two attached hydrogens (primary N) is 2. The summed E-state index contributed by atoms with van der Waals surface area (Å²) in [4.78, 5) is 2.15. The van der Waals surface area contributed by atoms with Crippen LogP contribution in [0.1, 0.15) is 44.2 Å². The summed E-state index contributed by atoms with van der Waals surface area (Å²) >= 11 is 0. The number of aromatic nitrogens is 2. The van der Waals surface area contributed by atoms with Crippen LogP contribution in [0.4, 0.5) is 11.6 Å². The van der Waals surface area contributed by atoms with Crippen LogP contribution in [0, 0.1) is 17.2 Å². The zero-order chi connectivity index (χ0) is 14.3. The summed E-state index contributed by atoms with van der Waals surface area (Å²) in [7, 11) is 0. The maximum atomic E-state index is 9.40. The molecular formula is C14H22N6. The van der Waals surface area contributed by atoms with Gasteiger partial charge in [0.15, 0.2) is 5.82 Å². The van der Waals surface area contributed by atoms with Crippen molar-refractivity contribution in [1.82, 2.24) is 9.78 Å². The molecule has 4 N–H and O–H groups in total. The second-order valence-electron chi connectivity index (χ2n) is 6.04. The van der Waals surface area contributed by atoms with Gasteiger partial charge in [0, 0.05) is 19.1 Å². The predicted molar refractivity (Wildman–Crippen MR) is 78.2 cm³/mol. The van der Waals surface area contributed by atoms with Gasteiger partial charge in [-0.05, 0) is 38.5 Å². The molecule has 1 aromatic rings. The van der Waals surface area contributed by atoms with Gasteiger partial charge in [-0.25, -0.2) is 4.68 Å². The fourth-order valence-corrected chi connectivity index (χ4v) is 2.96. The zero-order valence-corrected chi connectivity index (χ0v) is 11.9. The minimum absolute atomic E-state index is 0.265. The molecule has 0 radical (unpaired) electrons. The first-order valence-electron chi connectivity index (χ1n) is 7.40. The molecule has 0 bridgehead atoms. The van der Waals surface area contributed by atoms with Crippen LogP contribution in [0.2, 0.25) is 0 Å². The lowest BCUT2D eigenvalue weighted by atomic mass is 10.1. The number of rotatable bonds is 3. The molecule has 0 amide bonds. The Hall–Kier alpha value is -1.74. The number of nitriles is 1. The monoisotopic (exact) mass is 274 g/mol. The van der Waals surface area contributed by atoms with Gasteiger partial charge in [0.2, 0.25) is 0 Å². The van der Waals surface area contributed by atoms with E-state index in [1.807, 2.05) is 4.68 Å². The summed E-state index contributed by atoms with van der Waals surface area (Å²) in [6.45, 7) is 3.84. The van der Waals surface area contributed by atoms with Gasteiger partial charge in [0.25, 0.3) is 0 Å². The molecule has 1 saturated heterocycles. The smallest absolute Gasteiger partial charge is 0.170 e. The van der Waals surface area contributed by atoms with E-state index < -0.39 is 0 Å². The fourth-order valence-electron chi connectivity index (χ4n) is 2.96. The highest BCUT2D eigenvalue weighted by molar-refractivity contribution is 5.65. The van der Waals surface area contributed by atoms with Crippen LogP contribution in [0.25, 0.3) is 0 Å². The normalized spacial score (nSPS) is 21.8. The molecule has 6 nitrogen and oxygen atoms in total. The van der Waals surface area contributed by atoms with Crippen molar-refractivity contribution in [2.75, 3.05) is 23.7 Å². The molecule has 2 fully saturated rings. The number of piperidine rings is 1. The maximum absolute atomic E-state index is 9.40. The topological polar surface area (TPSA) is 96.9 Å². The first-order valence-corrected chi connectivity index (χ1v) is 7.40. The summed E-state index contributed by atoms with van der Waals surface area (Å²) in [6, 6.07) is 2.77. The highest BCUT2D eigenvalue weighted by atomic mass is 15.4. The maximum Gasteiger partial charge on any atom is 0.170 e. The lowest BCUT2D eigenvalue weighted by molar-refractivity contribution is 0.442. The minimum atomic E-state index is 0.265. The van der Waals surface area contributed by atoms with E-state index in [4.69, 9.17) is 11.5 Å². The summed E-state index contributed by atoms with van der Waals surface area (Å²) in [5, 5.41) is 14.0. The van der Waals surface area contributed by atoms with Crippen LogP contribution in [-0.4, -0.2) is 28.9 Å². The number of nitrogen functional groups attached to an aromatic ring is 1. The van der Waals surface area contributed by atoms with Crippen molar-refractivity contribution >= 4 is 11.6 Å². The molecule has 1 aromatic heterocycles. The van der Waals surface area contributed by atoms with E-state index in [2.05, 4.69) is 23.0 Å². The molecule has 1 unspecified atom stereocenters. The van der Waals surface area contributed by atoms with E-state index in [0.717, 1.165) is 31.7 Å². The molecule has 1 aliphatic heterocycles. The second kappa shape index (κ2) is 4.98. The Morgan fingerprint density at radius 3 is 2.50 bits per heavy atom. The van der Waals surface area contributed by atoms with Crippen LogP contribution in [0.3, 0.4) is 0 Å². The molecule has 6 heteroatoms. The quantitative estimate of drug-likeness (QED) is 0.864. The number of nitrogens with zero attached hydrogens (tertiary/aromatic N) is 4. The molecule has 2 aliphatic rings. The van der Waals surface area contributed by atoms with Crippen LogP contribution in [0.15, 0.2) is 0 Å². The second-order valence-corrected chi connectivity index (χ2v) is 6.04. The Kier molecular flexibility index (Phi) is 3.30. The van der Waals surface area contributed by atoms with Gasteiger partial charge < -0.3 is 16.4 Å². The van der Waals surface area contributed by atoms with Crippen molar-refractivity contribution in [3.05, 3.63) is 5.56 Å². The first kappa shape index (κ1) is 13.3. The van der Waals surface area contributed by atoms with Crippen molar-refractivity contribution in [3.63, 3.8) is 0 Å². The highest BCUT2D eigenvalue weighted by Gasteiger charge is 2.33. The van der Waals surface area contributed by atoms with Crippen molar-refractivity contribution < 1.29 is 0 Å². The SMILES string of the molecule is CC(C1CC1)n1nc(N2CCC(N)CC2)c(C#N)c1N. The highest BCUT2D eigenvalue weighted by Crippen LogP contribution is 2.41. The molecule has 0 aromatic carbocycles. The average Bonchev–Trinajstić information content (AvgIpc) is 3.23. The predicted octanol–water partition coefficient (Wildman–Crippen LogP) is 1.24. The van der Waals surface area contributed by atoms with Crippen molar-refractivity contribution in [1.29, 1.82) is 5.26 Å². The fraction of sp³-hybridized carbons (Fsp3) is 0.714. The standard InChI is InChI=1S/C14H22N6/c1-9(10-2-3-10)20-13(17)12(8-15)14(18-20)19-6-4-11(16)5-7-19/h9-11H,2-7,16-17H2,1H3. The van der Waals surface area contributed by atoms with Crippen molar-refractivity contribution in [2.24, 2.45) is 11.7 Å².